The van der Waals surface area contributed by atoms with E-state index < -0.39 is 28.8 Å². The summed E-state index contributed by atoms with van der Waals surface area (Å²) in [6.07, 6.45) is 7.41. The molecule has 1 fully saturated rings. The van der Waals surface area contributed by atoms with Crippen LogP contribution in [0.15, 0.2) is 90.1 Å². The van der Waals surface area contributed by atoms with Crippen molar-refractivity contribution in [1.29, 1.82) is 0 Å². The smallest absolute Gasteiger partial charge is 0.416 e. The molecule has 3 N–H and O–H groups in total. The fourth-order valence-electron chi connectivity index (χ4n) is 9.10. The number of unbranched alkanes of at least 4 members (excludes halogenated alkanes) is 2. The van der Waals surface area contributed by atoms with Crippen molar-refractivity contribution in [2.45, 2.75) is 69.2 Å². The number of hydrogen-bond donors (Lipinski definition) is 3. The first-order valence-corrected chi connectivity index (χ1v) is 19.6. The van der Waals surface area contributed by atoms with Crippen molar-refractivity contribution >= 4 is 17.5 Å². The summed E-state index contributed by atoms with van der Waals surface area (Å²) in [7, 11) is 1.47. The Morgan fingerprint density at radius 2 is 1.76 bits per heavy atom. The number of non-ortho nitro benzene ring substituents is 1. The Morgan fingerprint density at radius 3 is 2.48 bits per heavy atom. The lowest BCUT2D eigenvalue weighted by atomic mass is 9.55. The van der Waals surface area contributed by atoms with E-state index in [4.69, 9.17) is 28.5 Å². The Morgan fingerprint density at radius 1 is 1.02 bits per heavy atom. The fourth-order valence-corrected chi connectivity index (χ4v) is 9.10. The van der Waals surface area contributed by atoms with Gasteiger partial charge in [-0.1, -0.05) is 36.2 Å². The van der Waals surface area contributed by atoms with Gasteiger partial charge < -0.3 is 43.8 Å². The van der Waals surface area contributed by atoms with Gasteiger partial charge >= 0.3 is 6.09 Å². The molecule has 0 aromatic heterocycles. The first-order valence-electron chi connectivity index (χ1n) is 19.6. The number of aliphatic hydroxyl groups is 2. The summed E-state index contributed by atoms with van der Waals surface area (Å²) in [5.74, 6) is -0.819. The van der Waals surface area contributed by atoms with Crippen molar-refractivity contribution < 1.29 is 53.6 Å². The number of carbonyl (C=O) groups excluding carboxylic acids is 1. The number of phenolic OH excluding ortho intramolecular Hbond substituents is 1. The van der Waals surface area contributed by atoms with Gasteiger partial charge in [-0.3, -0.25) is 15.0 Å². The second-order valence-corrected chi connectivity index (χ2v) is 14.9. The van der Waals surface area contributed by atoms with Gasteiger partial charge in [0, 0.05) is 49.8 Å². The lowest BCUT2D eigenvalue weighted by Gasteiger charge is -2.59. The third-order valence-electron chi connectivity index (χ3n) is 11.5. The van der Waals surface area contributed by atoms with Gasteiger partial charge in [-0.2, -0.15) is 0 Å². The second-order valence-electron chi connectivity index (χ2n) is 14.9. The van der Waals surface area contributed by atoms with E-state index in [1.165, 1.54) is 36.3 Å². The van der Waals surface area contributed by atoms with Crippen LogP contribution in [0, 0.1) is 27.9 Å². The van der Waals surface area contributed by atoms with E-state index in [1.807, 2.05) is 6.07 Å². The van der Waals surface area contributed by atoms with Gasteiger partial charge in [-0.15, -0.1) is 6.58 Å². The molecule has 58 heavy (non-hydrogen) atoms. The molecule has 15 nitrogen and oxygen atoms in total. The third kappa shape index (κ3) is 8.06. The van der Waals surface area contributed by atoms with E-state index in [0.29, 0.717) is 41.4 Å². The maximum atomic E-state index is 14.8. The standard InChI is InChI=1S/C43H49N3O12/c1-3-20-56-43-39(45(25-27-10-16-37-38(21-27)55-26-54-37)42(50)57-31-14-11-29(12-15-31)46(51)52)24-35(44-53-2)33-22-28(8-4-6-18-47)32(9-5-7-19-48)40(41(33)43)34-23-30(49)13-17-36(34)58-43/h3,10-17,21-23,28,32,39-41,47-49H,1,4-9,18-20,24-26H2,2H3/t28-,32+,39-,40+,41+,43+/m0/s1. The molecule has 0 spiro atoms. The van der Waals surface area contributed by atoms with Crippen molar-refractivity contribution in [2.75, 3.05) is 33.7 Å². The zero-order valence-electron chi connectivity index (χ0n) is 32.4. The highest BCUT2D eigenvalue weighted by atomic mass is 16.7. The molecule has 15 heteroatoms. The summed E-state index contributed by atoms with van der Waals surface area (Å²) in [6.45, 7) is 4.16. The Balaban J connectivity index is 1.42. The van der Waals surface area contributed by atoms with Crippen LogP contribution in [0.25, 0.3) is 0 Å². The molecule has 0 radical (unpaired) electrons. The number of rotatable bonds is 17. The highest BCUT2D eigenvalue weighted by Crippen LogP contribution is 2.62. The Bertz CT molecular complexity index is 2040. The summed E-state index contributed by atoms with van der Waals surface area (Å²) in [6, 6.07) is 14.7. The van der Waals surface area contributed by atoms with E-state index in [2.05, 4.69) is 17.8 Å². The number of benzene rings is 3. The summed E-state index contributed by atoms with van der Waals surface area (Å²) in [4.78, 5) is 32.7. The fraction of sp³-hybridized carbons (Fsp3) is 0.442. The minimum atomic E-state index is -1.59. The maximum Gasteiger partial charge on any atom is 0.416 e. The lowest BCUT2D eigenvalue weighted by Crippen LogP contribution is -2.70. The third-order valence-corrected chi connectivity index (χ3v) is 11.5. The number of nitro benzene ring substituents is 1. The highest BCUT2D eigenvalue weighted by molar-refractivity contribution is 6.03. The summed E-state index contributed by atoms with van der Waals surface area (Å²) in [5.41, 5.74) is 2.71. The molecule has 1 amide bonds. The number of hydrogen-bond acceptors (Lipinski definition) is 13. The van der Waals surface area contributed by atoms with Crippen LogP contribution >= 0.6 is 0 Å². The number of carbonyl (C=O) groups is 1. The minimum absolute atomic E-state index is 0.0154. The number of fused-ring (bicyclic) bond motifs is 3. The predicted octanol–water partition coefficient (Wildman–Crippen LogP) is 6.99. The zero-order chi connectivity index (χ0) is 40.8. The number of nitrogens with zero attached hydrogens (tertiary/aromatic N) is 3. The van der Waals surface area contributed by atoms with Crippen molar-refractivity contribution in [3.63, 3.8) is 0 Å². The van der Waals surface area contributed by atoms with Gasteiger partial charge in [0.25, 0.3) is 5.69 Å². The first kappa shape index (κ1) is 40.6. The van der Waals surface area contributed by atoms with Crippen LogP contribution in [0.2, 0.25) is 0 Å². The number of phenols is 1. The largest absolute Gasteiger partial charge is 0.508 e. The highest BCUT2D eigenvalue weighted by Gasteiger charge is 2.65. The van der Waals surface area contributed by atoms with E-state index in [0.717, 1.165) is 36.8 Å². The van der Waals surface area contributed by atoms with Crippen molar-refractivity contribution in [2.24, 2.45) is 22.9 Å². The molecule has 4 aliphatic rings. The number of ether oxygens (including phenoxy) is 5. The molecule has 2 heterocycles. The average Bonchev–Trinajstić information content (AvgIpc) is 3.69. The van der Waals surface area contributed by atoms with Gasteiger partial charge in [-0.25, -0.2) is 4.79 Å². The number of nitro groups is 1. The molecule has 3 aromatic carbocycles. The van der Waals surface area contributed by atoms with Crippen LogP contribution in [-0.2, 0) is 16.1 Å². The number of allylic oxidation sites excluding steroid dienone is 1. The molecule has 1 saturated carbocycles. The van der Waals surface area contributed by atoms with Gasteiger partial charge in [0.05, 0.1) is 23.2 Å². The molecular weight excluding hydrogens is 750 g/mol. The van der Waals surface area contributed by atoms with E-state index >= 15 is 0 Å². The predicted molar refractivity (Wildman–Crippen MR) is 211 cm³/mol. The van der Waals surface area contributed by atoms with Crippen molar-refractivity contribution in [1.82, 2.24) is 4.90 Å². The van der Waals surface area contributed by atoms with E-state index in [9.17, 15) is 30.2 Å². The van der Waals surface area contributed by atoms with E-state index in [-0.39, 0.29) is 74.5 Å². The van der Waals surface area contributed by atoms with Gasteiger partial charge in [0.2, 0.25) is 12.6 Å². The van der Waals surface area contributed by atoms with Crippen LogP contribution in [0.5, 0.6) is 28.7 Å². The Hall–Kier alpha value is -5.64. The van der Waals surface area contributed by atoms with Crippen LogP contribution in [0.1, 0.15) is 62.0 Å². The molecule has 3 aromatic rings. The van der Waals surface area contributed by atoms with Crippen LogP contribution < -0.4 is 18.9 Å². The average molecular weight is 800 g/mol. The summed E-state index contributed by atoms with van der Waals surface area (Å²) in [5, 5.41) is 46.5. The first-order chi connectivity index (χ1) is 28.2. The molecule has 308 valence electrons. The van der Waals surface area contributed by atoms with E-state index in [1.54, 1.807) is 36.4 Å². The molecule has 0 bridgehead atoms. The normalized spacial score (nSPS) is 24.5. The molecule has 6 atom stereocenters. The molecule has 0 unspecified atom stereocenters. The minimum Gasteiger partial charge on any atom is -0.508 e. The van der Waals surface area contributed by atoms with Crippen LogP contribution in [0.3, 0.4) is 0 Å². The molecule has 7 rings (SSSR count). The quantitative estimate of drug-likeness (QED) is 0.0550. The summed E-state index contributed by atoms with van der Waals surface area (Å²) < 4.78 is 31.3. The maximum absolute atomic E-state index is 14.8. The lowest BCUT2D eigenvalue weighted by molar-refractivity contribution is -0.384. The van der Waals surface area contributed by atoms with Gasteiger partial charge in [0.1, 0.15) is 30.4 Å². The SMILES string of the molecule is C=CCO[C@@]12Oc3ccc(O)cc3[C@H]3[C@H](CCCCO)[C@@H](CCCCO)C=C(C(=NOC)C[C@@H]1N(Cc1ccc4c(c1)OCO4)C(=O)Oc1ccc([N+](=O)[O-])cc1)[C@H]32. The summed E-state index contributed by atoms with van der Waals surface area (Å²) >= 11 is 0. The number of aromatic hydroxyl groups is 1. The van der Waals surface area contributed by atoms with Crippen molar-refractivity contribution in [3.8, 4) is 28.7 Å². The topological polar surface area (TPSA) is 192 Å². The van der Waals surface area contributed by atoms with Gasteiger partial charge in [0.15, 0.2) is 11.5 Å². The Labute approximate surface area is 336 Å². The molecule has 2 aliphatic carbocycles. The number of amides is 1. The Kier molecular flexibility index (Phi) is 12.5. The zero-order valence-corrected chi connectivity index (χ0v) is 32.4. The second kappa shape index (κ2) is 17.9. The van der Waals surface area contributed by atoms with Crippen LogP contribution in [0.4, 0.5) is 10.5 Å². The van der Waals surface area contributed by atoms with Crippen molar-refractivity contribution in [3.05, 3.63) is 106 Å². The van der Waals surface area contributed by atoms with Gasteiger partial charge in [-0.05, 0) is 91.1 Å². The monoisotopic (exact) mass is 799 g/mol. The van der Waals surface area contributed by atoms with Crippen LogP contribution in [-0.4, -0.2) is 82.5 Å². The molecule has 0 saturated heterocycles. The number of oxime groups is 1. The number of aliphatic hydroxyl groups excluding tert-OH is 2. The molecular formula is C43H49N3O12. The molecule has 2 aliphatic heterocycles.